The fourth-order valence-corrected chi connectivity index (χ4v) is 2.82. The van der Waals surface area contributed by atoms with Gasteiger partial charge in [0, 0.05) is 23.1 Å². The van der Waals surface area contributed by atoms with Gasteiger partial charge in [0.1, 0.15) is 17.4 Å². The molecule has 3 rings (SSSR count). The fraction of sp³-hybridized carbons (Fsp3) is 0.118. The van der Waals surface area contributed by atoms with Crippen LogP contribution in [0.5, 0.6) is 5.75 Å². The molecule has 24 heavy (non-hydrogen) atoms. The van der Waals surface area contributed by atoms with Gasteiger partial charge in [-0.1, -0.05) is 0 Å². The van der Waals surface area contributed by atoms with Crippen LogP contribution in [0.4, 0.5) is 0 Å². The molecule has 0 aliphatic rings. The van der Waals surface area contributed by atoms with Crippen LogP contribution in [0, 0.1) is 5.21 Å². The second-order valence-electron chi connectivity index (χ2n) is 4.90. The minimum Gasteiger partial charge on any atom is -0.619 e. The van der Waals surface area contributed by atoms with Gasteiger partial charge in [0.15, 0.2) is 12.4 Å². The molecule has 6 nitrogen and oxygen atoms in total. The summed E-state index contributed by atoms with van der Waals surface area (Å²) in [5, 5.41) is 13.6. The van der Waals surface area contributed by atoms with Crippen molar-refractivity contribution in [3.63, 3.8) is 0 Å². The Labute approximate surface area is 142 Å². The molecule has 0 spiro atoms. The highest BCUT2D eigenvalue weighted by molar-refractivity contribution is 7.13. The maximum atomic E-state index is 11.9. The molecule has 0 bridgehead atoms. The summed E-state index contributed by atoms with van der Waals surface area (Å²) in [7, 11) is 1.62. The number of benzene rings is 1. The second kappa shape index (κ2) is 7.10. The lowest BCUT2D eigenvalue weighted by atomic mass is 10.2. The molecule has 2 heterocycles. The first-order valence-electron chi connectivity index (χ1n) is 7.10. The zero-order valence-corrected chi connectivity index (χ0v) is 13.7. The Hall–Kier alpha value is -2.93. The molecule has 2 aromatic heterocycles. The van der Waals surface area contributed by atoms with Gasteiger partial charge in [0.05, 0.1) is 18.4 Å². The molecule has 0 saturated heterocycles. The molecule has 3 aromatic rings. The summed E-state index contributed by atoms with van der Waals surface area (Å²) in [5.74, 6) is 0.293. The first-order chi connectivity index (χ1) is 11.7. The number of hydrogen-bond donors (Lipinski definition) is 0. The van der Waals surface area contributed by atoms with Gasteiger partial charge in [-0.05, 0) is 24.3 Å². The van der Waals surface area contributed by atoms with Crippen molar-refractivity contribution in [1.29, 1.82) is 0 Å². The Kier molecular flexibility index (Phi) is 4.72. The summed E-state index contributed by atoms with van der Waals surface area (Å²) in [4.78, 5) is 16.4. The number of esters is 1. The van der Waals surface area contributed by atoms with Crippen LogP contribution in [0.2, 0.25) is 0 Å². The number of pyridine rings is 1. The summed E-state index contributed by atoms with van der Waals surface area (Å²) in [6, 6.07) is 10.4. The van der Waals surface area contributed by atoms with E-state index in [1.807, 2.05) is 29.6 Å². The Morgan fingerprint density at radius 2 is 1.92 bits per heavy atom. The molecule has 0 aliphatic heterocycles. The number of carbonyl (C=O) groups excluding carboxylic acids is 1. The smallest absolute Gasteiger partial charge is 0.338 e. The minimum absolute atomic E-state index is 0.0811. The van der Waals surface area contributed by atoms with Gasteiger partial charge >= 0.3 is 5.97 Å². The van der Waals surface area contributed by atoms with Crippen molar-refractivity contribution in [3.05, 3.63) is 70.6 Å². The van der Waals surface area contributed by atoms with E-state index >= 15 is 0 Å². The minimum atomic E-state index is -0.491. The maximum absolute atomic E-state index is 11.9. The second-order valence-corrected chi connectivity index (χ2v) is 5.75. The Morgan fingerprint density at radius 1 is 1.21 bits per heavy atom. The topological polar surface area (TPSA) is 75.4 Å². The molecule has 7 heteroatoms. The molecule has 0 atom stereocenters. The fourth-order valence-electron chi connectivity index (χ4n) is 2.01. The van der Waals surface area contributed by atoms with Crippen LogP contribution in [-0.2, 0) is 11.3 Å². The molecule has 0 radical (unpaired) electrons. The van der Waals surface area contributed by atoms with Gasteiger partial charge in [-0.3, -0.25) is 0 Å². The number of thiazole rings is 1. The van der Waals surface area contributed by atoms with E-state index in [1.54, 1.807) is 7.11 Å². The van der Waals surface area contributed by atoms with E-state index < -0.39 is 5.97 Å². The van der Waals surface area contributed by atoms with Gasteiger partial charge in [-0.15, -0.1) is 11.3 Å². The Balaban J connectivity index is 1.63. The summed E-state index contributed by atoms with van der Waals surface area (Å²) >= 11 is 1.48. The lowest BCUT2D eigenvalue weighted by Crippen LogP contribution is -2.24. The van der Waals surface area contributed by atoms with Crippen LogP contribution in [0.25, 0.3) is 10.6 Å². The first kappa shape index (κ1) is 15.9. The number of aromatic nitrogens is 2. The van der Waals surface area contributed by atoms with E-state index in [-0.39, 0.29) is 6.61 Å². The van der Waals surface area contributed by atoms with Gasteiger partial charge < -0.3 is 14.7 Å². The van der Waals surface area contributed by atoms with Gasteiger partial charge in [-0.25, -0.2) is 9.78 Å². The predicted octanol–water partition coefficient (Wildman–Crippen LogP) is 2.81. The van der Waals surface area contributed by atoms with E-state index in [0.717, 1.165) is 16.3 Å². The summed E-state index contributed by atoms with van der Waals surface area (Å²) in [6.07, 6.45) is 2.50. The van der Waals surface area contributed by atoms with Crippen LogP contribution < -0.4 is 9.47 Å². The number of ether oxygens (including phenoxy) is 2. The third-order valence-electron chi connectivity index (χ3n) is 3.28. The summed E-state index contributed by atoms with van der Waals surface area (Å²) in [5.41, 5.74) is 1.98. The lowest BCUT2D eigenvalue weighted by Gasteiger charge is -2.03. The molecular weight excluding hydrogens is 328 g/mol. The quantitative estimate of drug-likeness (QED) is 0.405. The van der Waals surface area contributed by atoms with Crippen molar-refractivity contribution in [3.8, 4) is 16.3 Å². The third-order valence-corrected chi connectivity index (χ3v) is 4.22. The highest BCUT2D eigenvalue weighted by atomic mass is 32.1. The van der Waals surface area contributed by atoms with Crippen molar-refractivity contribution in [2.24, 2.45) is 0 Å². The molecule has 0 saturated carbocycles. The van der Waals surface area contributed by atoms with Gasteiger partial charge in [-0.2, -0.15) is 4.73 Å². The highest BCUT2D eigenvalue weighted by Gasteiger charge is 2.11. The number of nitrogens with zero attached hydrogens (tertiary/aromatic N) is 2. The van der Waals surface area contributed by atoms with E-state index in [0.29, 0.717) is 16.0 Å². The van der Waals surface area contributed by atoms with E-state index in [4.69, 9.17) is 9.47 Å². The van der Waals surface area contributed by atoms with Crippen molar-refractivity contribution in [2.45, 2.75) is 6.61 Å². The lowest BCUT2D eigenvalue weighted by molar-refractivity contribution is -0.605. The molecule has 0 N–H and O–H groups in total. The first-order valence-corrected chi connectivity index (χ1v) is 7.98. The molecule has 0 aliphatic carbocycles. The molecular formula is C17H14N2O4S. The molecule has 122 valence electrons. The van der Waals surface area contributed by atoms with E-state index in [9.17, 15) is 10.0 Å². The summed E-state index contributed by atoms with van der Waals surface area (Å²) in [6.45, 7) is 0.0811. The Bertz CT molecular complexity index is 829. The normalized spacial score (nSPS) is 10.4. The standard InChI is InChI=1S/C17H14N2O4S/c1-22-15-4-2-12(3-5-15)16-18-14(11-24-16)10-23-17(20)13-6-8-19(21)9-7-13/h2-9,11H,10H2,1H3. The zero-order chi connectivity index (χ0) is 16.9. The van der Waals surface area contributed by atoms with Crippen LogP contribution in [-0.4, -0.2) is 18.1 Å². The number of rotatable bonds is 5. The number of hydrogen-bond acceptors (Lipinski definition) is 6. The van der Waals surface area contributed by atoms with E-state index in [1.165, 1.54) is 35.9 Å². The SMILES string of the molecule is COc1ccc(-c2nc(COC(=O)c3cc[n+]([O-])cc3)cs2)cc1. The van der Waals surface area contributed by atoms with E-state index in [2.05, 4.69) is 4.98 Å². The third kappa shape index (κ3) is 3.69. The molecule has 0 fully saturated rings. The maximum Gasteiger partial charge on any atom is 0.338 e. The largest absolute Gasteiger partial charge is 0.619 e. The van der Waals surface area contributed by atoms with Gasteiger partial charge in [0.2, 0.25) is 0 Å². The van der Waals surface area contributed by atoms with Crippen LogP contribution >= 0.6 is 11.3 Å². The van der Waals surface area contributed by atoms with Crippen molar-refractivity contribution >= 4 is 17.3 Å². The van der Waals surface area contributed by atoms with Crippen LogP contribution in [0.3, 0.4) is 0 Å². The van der Waals surface area contributed by atoms with Crippen LogP contribution in [0.1, 0.15) is 16.1 Å². The number of methoxy groups -OCH3 is 1. The van der Waals surface area contributed by atoms with Crippen molar-refractivity contribution in [2.75, 3.05) is 7.11 Å². The zero-order valence-electron chi connectivity index (χ0n) is 12.8. The van der Waals surface area contributed by atoms with Crippen molar-refractivity contribution in [1.82, 2.24) is 4.98 Å². The molecule has 1 aromatic carbocycles. The van der Waals surface area contributed by atoms with Crippen LogP contribution in [0.15, 0.2) is 54.2 Å². The van der Waals surface area contributed by atoms with Gasteiger partial charge in [0.25, 0.3) is 0 Å². The Morgan fingerprint density at radius 3 is 2.58 bits per heavy atom. The molecule has 0 amide bonds. The highest BCUT2D eigenvalue weighted by Crippen LogP contribution is 2.26. The van der Waals surface area contributed by atoms with Crippen molar-refractivity contribution < 1.29 is 19.0 Å². The molecule has 0 unspecified atom stereocenters. The average Bonchev–Trinajstić information content (AvgIpc) is 3.09. The monoisotopic (exact) mass is 342 g/mol. The predicted molar refractivity (Wildman–Crippen MR) is 88.6 cm³/mol. The summed E-state index contributed by atoms with van der Waals surface area (Å²) < 4.78 is 11.0. The average molecular weight is 342 g/mol. The number of carbonyl (C=O) groups is 1.